The van der Waals surface area contributed by atoms with Crippen LogP contribution in [0.5, 0.6) is 0 Å². The zero-order chi connectivity index (χ0) is 14.2. The highest BCUT2D eigenvalue weighted by Crippen LogP contribution is 2.41. The Balaban J connectivity index is 1.93. The maximum Gasteiger partial charge on any atom is 0.186 e. The van der Waals surface area contributed by atoms with Crippen molar-refractivity contribution in [3.8, 4) is 21.8 Å². The number of rotatable bonds is 2. The van der Waals surface area contributed by atoms with E-state index in [1.54, 1.807) is 23.7 Å². The quantitative estimate of drug-likeness (QED) is 0.601. The molecular formula is C16H11N3OS. The van der Waals surface area contributed by atoms with Crippen LogP contribution in [0.25, 0.3) is 31.9 Å². The standard InChI is InChI=1S/C16H11N3OS/c17-16-14(10-5-7-18-8-6-10)15(20-19-16)13-9-11-3-1-2-4-12(11)21-13/h1-9H,(H2,17,19). The summed E-state index contributed by atoms with van der Waals surface area (Å²) in [6, 6.07) is 14.1. The number of benzene rings is 1. The first-order valence-corrected chi connectivity index (χ1v) is 7.29. The van der Waals surface area contributed by atoms with Crippen molar-refractivity contribution in [2.24, 2.45) is 0 Å². The lowest BCUT2D eigenvalue weighted by Crippen LogP contribution is -1.88. The van der Waals surface area contributed by atoms with Gasteiger partial charge in [-0.2, -0.15) is 0 Å². The maximum atomic E-state index is 5.98. The van der Waals surface area contributed by atoms with Gasteiger partial charge in [0.2, 0.25) is 0 Å². The van der Waals surface area contributed by atoms with Crippen LogP contribution in [-0.4, -0.2) is 10.1 Å². The Bertz CT molecular complexity index is 879. The summed E-state index contributed by atoms with van der Waals surface area (Å²) in [5, 5.41) is 5.12. The minimum absolute atomic E-state index is 0.397. The molecule has 102 valence electrons. The Labute approximate surface area is 124 Å². The Morgan fingerprint density at radius 1 is 1.05 bits per heavy atom. The molecule has 5 heteroatoms. The molecule has 0 atom stereocenters. The van der Waals surface area contributed by atoms with Crippen molar-refractivity contribution in [3.05, 3.63) is 54.9 Å². The van der Waals surface area contributed by atoms with Crippen molar-refractivity contribution in [3.63, 3.8) is 0 Å². The zero-order valence-corrected chi connectivity index (χ0v) is 11.8. The van der Waals surface area contributed by atoms with Gasteiger partial charge in [-0.1, -0.05) is 23.4 Å². The van der Waals surface area contributed by atoms with E-state index in [2.05, 4.69) is 28.3 Å². The van der Waals surface area contributed by atoms with Crippen molar-refractivity contribution >= 4 is 27.2 Å². The van der Waals surface area contributed by atoms with Gasteiger partial charge in [0.05, 0.1) is 10.4 Å². The Morgan fingerprint density at radius 3 is 2.67 bits per heavy atom. The van der Waals surface area contributed by atoms with E-state index in [1.165, 1.54) is 10.1 Å². The molecule has 0 saturated carbocycles. The average molecular weight is 293 g/mol. The van der Waals surface area contributed by atoms with Crippen LogP contribution in [0.15, 0.2) is 59.4 Å². The highest BCUT2D eigenvalue weighted by molar-refractivity contribution is 7.22. The second kappa shape index (κ2) is 4.71. The Morgan fingerprint density at radius 2 is 1.86 bits per heavy atom. The fraction of sp³-hybridized carbons (Fsp3) is 0. The fourth-order valence-electron chi connectivity index (χ4n) is 2.36. The predicted molar refractivity (Wildman–Crippen MR) is 85.0 cm³/mol. The normalized spacial score (nSPS) is 11.0. The van der Waals surface area contributed by atoms with Crippen molar-refractivity contribution in [1.82, 2.24) is 10.1 Å². The average Bonchev–Trinajstić information content (AvgIpc) is 3.11. The van der Waals surface area contributed by atoms with Gasteiger partial charge in [-0.15, -0.1) is 11.3 Å². The lowest BCUT2D eigenvalue weighted by molar-refractivity contribution is 0.437. The molecule has 4 rings (SSSR count). The number of pyridine rings is 1. The van der Waals surface area contributed by atoms with Gasteiger partial charge in [0.15, 0.2) is 11.6 Å². The molecule has 0 saturated heterocycles. The molecule has 4 nitrogen and oxygen atoms in total. The smallest absolute Gasteiger partial charge is 0.186 e. The molecular weight excluding hydrogens is 282 g/mol. The number of nitrogens with two attached hydrogens (primary N) is 1. The van der Waals surface area contributed by atoms with Gasteiger partial charge in [0.25, 0.3) is 0 Å². The van der Waals surface area contributed by atoms with Gasteiger partial charge < -0.3 is 10.3 Å². The largest absolute Gasteiger partial charge is 0.380 e. The minimum Gasteiger partial charge on any atom is -0.380 e. The molecule has 21 heavy (non-hydrogen) atoms. The molecule has 0 aliphatic carbocycles. The van der Waals surface area contributed by atoms with Crippen LogP contribution in [0.2, 0.25) is 0 Å². The van der Waals surface area contributed by atoms with Gasteiger partial charge >= 0.3 is 0 Å². The summed E-state index contributed by atoms with van der Waals surface area (Å²) < 4.78 is 6.69. The lowest BCUT2D eigenvalue weighted by Gasteiger charge is -1.99. The van der Waals surface area contributed by atoms with Crippen LogP contribution < -0.4 is 5.73 Å². The summed E-state index contributed by atoms with van der Waals surface area (Å²) in [4.78, 5) is 5.05. The van der Waals surface area contributed by atoms with E-state index in [-0.39, 0.29) is 0 Å². The van der Waals surface area contributed by atoms with E-state index in [0.29, 0.717) is 11.6 Å². The molecule has 3 aromatic heterocycles. The molecule has 0 fully saturated rings. The highest BCUT2D eigenvalue weighted by atomic mass is 32.1. The summed E-state index contributed by atoms with van der Waals surface area (Å²) in [6.07, 6.45) is 3.47. The number of anilines is 1. The van der Waals surface area contributed by atoms with Crippen LogP contribution in [0.1, 0.15) is 0 Å². The number of hydrogen-bond donors (Lipinski definition) is 1. The predicted octanol–water partition coefficient (Wildman–Crippen LogP) is 4.20. The molecule has 0 aliphatic heterocycles. The van der Waals surface area contributed by atoms with E-state index in [0.717, 1.165) is 16.0 Å². The molecule has 0 spiro atoms. The molecule has 4 aromatic rings. The molecule has 1 aromatic carbocycles. The number of nitrogens with zero attached hydrogens (tertiary/aromatic N) is 2. The molecule has 0 unspecified atom stereocenters. The second-order valence-electron chi connectivity index (χ2n) is 4.66. The van der Waals surface area contributed by atoms with Gasteiger partial charge in [-0.3, -0.25) is 4.98 Å². The SMILES string of the molecule is Nc1noc(-c2cc3ccccc3s2)c1-c1ccncc1. The van der Waals surface area contributed by atoms with Gasteiger partial charge in [-0.05, 0) is 35.2 Å². The summed E-state index contributed by atoms with van der Waals surface area (Å²) in [7, 11) is 0. The van der Waals surface area contributed by atoms with Crippen molar-refractivity contribution < 1.29 is 4.52 Å². The van der Waals surface area contributed by atoms with E-state index >= 15 is 0 Å². The molecule has 0 radical (unpaired) electrons. The van der Waals surface area contributed by atoms with E-state index < -0.39 is 0 Å². The summed E-state index contributed by atoms with van der Waals surface area (Å²) in [6.45, 7) is 0. The van der Waals surface area contributed by atoms with Crippen molar-refractivity contribution in [2.45, 2.75) is 0 Å². The van der Waals surface area contributed by atoms with Crippen LogP contribution in [-0.2, 0) is 0 Å². The molecule has 3 heterocycles. The number of nitrogen functional groups attached to an aromatic ring is 1. The third-order valence-electron chi connectivity index (χ3n) is 3.34. The van der Waals surface area contributed by atoms with Crippen LogP contribution >= 0.6 is 11.3 Å². The van der Waals surface area contributed by atoms with E-state index in [1.807, 2.05) is 24.3 Å². The molecule has 0 bridgehead atoms. The lowest BCUT2D eigenvalue weighted by atomic mass is 10.1. The zero-order valence-electron chi connectivity index (χ0n) is 11.0. The summed E-state index contributed by atoms with van der Waals surface area (Å²) in [5.41, 5.74) is 7.76. The first-order chi connectivity index (χ1) is 10.3. The first kappa shape index (κ1) is 12.1. The van der Waals surface area contributed by atoms with Crippen LogP contribution in [0, 0.1) is 0 Å². The van der Waals surface area contributed by atoms with Gasteiger partial charge in [0, 0.05) is 17.1 Å². The first-order valence-electron chi connectivity index (χ1n) is 6.47. The molecule has 0 aliphatic rings. The van der Waals surface area contributed by atoms with E-state index in [4.69, 9.17) is 10.3 Å². The fourth-order valence-corrected chi connectivity index (χ4v) is 3.41. The molecule has 0 amide bonds. The number of thiophene rings is 1. The maximum absolute atomic E-state index is 5.98. The number of fused-ring (bicyclic) bond motifs is 1. The Kier molecular flexibility index (Phi) is 2.72. The summed E-state index contributed by atoms with van der Waals surface area (Å²) in [5.74, 6) is 1.11. The monoisotopic (exact) mass is 293 g/mol. The van der Waals surface area contributed by atoms with E-state index in [9.17, 15) is 0 Å². The third kappa shape index (κ3) is 1.98. The van der Waals surface area contributed by atoms with Crippen molar-refractivity contribution in [1.29, 1.82) is 0 Å². The highest BCUT2D eigenvalue weighted by Gasteiger charge is 2.19. The van der Waals surface area contributed by atoms with Crippen LogP contribution in [0.4, 0.5) is 5.82 Å². The van der Waals surface area contributed by atoms with Crippen LogP contribution in [0.3, 0.4) is 0 Å². The third-order valence-corrected chi connectivity index (χ3v) is 4.45. The van der Waals surface area contributed by atoms with Gasteiger partial charge in [-0.25, -0.2) is 0 Å². The topological polar surface area (TPSA) is 64.9 Å². The van der Waals surface area contributed by atoms with Crippen molar-refractivity contribution in [2.75, 3.05) is 5.73 Å². The molecule has 2 N–H and O–H groups in total. The number of aromatic nitrogens is 2. The summed E-state index contributed by atoms with van der Waals surface area (Å²) >= 11 is 1.67. The minimum atomic E-state index is 0.397. The number of hydrogen-bond acceptors (Lipinski definition) is 5. The Hall–Kier alpha value is -2.66. The second-order valence-corrected chi connectivity index (χ2v) is 5.74. The van der Waals surface area contributed by atoms with Gasteiger partial charge in [0.1, 0.15) is 0 Å².